The average molecular weight is 289 g/mol. The Labute approximate surface area is 123 Å². The molecule has 0 saturated carbocycles. The predicted molar refractivity (Wildman–Crippen MR) is 84.4 cm³/mol. The van der Waals surface area contributed by atoms with E-state index in [4.69, 9.17) is 10.5 Å². The van der Waals surface area contributed by atoms with Crippen molar-refractivity contribution in [2.75, 3.05) is 12.8 Å². The minimum atomic E-state index is -0.361. The molecular formula is C16H19NO2S. The van der Waals surface area contributed by atoms with Crippen LogP contribution in [0.1, 0.15) is 33.3 Å². The van der Waals surface area contributed by atoms with Crippen LogP contribution < -0.4 is 5.73 Å². The molecule has 2 N–H and O–H groups in total. The third-order valence-corrected chi connectivity index (χ3v) is 4.73. The molecule has 20 heavy (non-hydrogen) atoms. The van der Waals surface area contributed by atoms with E-state index in [1.165, 1.54) is 35.1 Å². The first-order valence-electron chi connectivity index (χ1n) is 6.57. The van der Waals surface area contributed by atoms with Crippen LogP contribution in [0.3, 0.4) is 0 Å². The highest BCUT2D eigenvalue weighted by atomic mass is 32.1. The molecule has 0 saturated heterocycles. The average Bonchev–Trinajstić information content (AvgIpc) is 2.74. The molecule has 0 fully saturated rings. The van der Waals surface area contributed by atoms with Gasteiger partial charge in [-0.2, -0.15) is 0 Å². The van der Waals surface area contributed by atoms with Gasteiger partial charge in [0.15, 0.2) is 0 Å². The number of thiophene rings is 1. The Kier molecular flexibility index (Phi) is 4.14. The van der Waals surface area contributed by atoms with E-state index in [-0.39, 0.29) is 5.97 Å². The van der Waals surface area contributed by atoms with Crippen LogP contribution in [-0.2, 0) is 11.2 Å². The summed E-state index contributed by atoms with van der Waals surface area (Å²) in [4.78, 5) is 13.4. The summed E-state index contributed by atoms with van der Waals surface area (Å²) in [5.74, 6) is -0.361. The number of rotatable bonds is 3. The summed E-state index contributed by atoms with van der Waals surface area (Å²) in [6.07, 6.45) is 0.794. The van der Waals surface area contributed by atoms with Crippen LogP contribution in [-0.4, -0.2) is 13.1 Å². The van der Waals surface area contributed by atoms with Gasteiger partial charge in [0, 0.05) is 4.88 Å². The van der Waals surface area contributed by atoms with Crippen molar-refractivity contribution in [3.05, 3.63) is 39.8 Å². The number of esters is 1. The number of anilines is 1. The van der Waals surface area contributed by atoms with Gasteiger partial charge in [0.2, 0.25) is 0 Å². The molecule has 3 nitrogen and oxygen atoms in total. The minimum absolute atomic E-state index is 0.361. The lowest BCUT2D eigenvalue weighted by Crippen LogP contribution is -2.02. The smallest absolute Gasteiger partial charge is 0.350 e. The minimum Gasteiger partial charge on any atom is -0.465 e. The van der Waals surface area contributed by atoms with Gasteiger partial charge in [0.1, 0.15) is 4.88 Å². The fourth-order valence-corrected chi connectivity index (χ4v) is 3.85. The number of methoxy groups -OCH3 is 1. The van der Waals surface area contributed by atoms with Gasteiger partial charge in [-0.1, -0.05) is 25.1 Å². The van der Waals surface area contributed by atoms with Gasteiger partial charge in [-0.15, -0.1) is 11.3 Å². The van der Waals surface area contributed by atoms with E-state index in [1.807, 2.05) is 6.07 Å². The Morgan fingerprint density at radius 2 is 1.90 bits per heavy atom. The molecule has 0 atom stereocenters. The normalized spacial score (nSPS) is 10.6. The zero-order chi connectivity index (χ0) is 14.9. The summed E-state index contributed by atoms with van der Waals surface area (Å²) >= 11 is 1.43. The summed E-state index contributed by atoms with van der Waals surface area (Å²) in [6.45, 7) is 6.21. The maximum absolute atomic E-state index is 11.8. The Bertz CT molecular complexity index is 638. The molecule has 2 aromatic rings. The van der Waals surface area contributed by atoms with Gasteiger partial charge in [0.05, 0.1) is 12.8 Å². The maximum Gasteiger partial charge on any atom is 0.350 e. The number of hydrogen-bond acceptors (Lipinski definition) is 4. The monoisotopic (exact) mass is 289 g/mol. The first-order chi connectivity index (χ1) is 9.51. The van der Waals surface area contributed by atoms with Crippen molar-refractivity contribution < 1.29 is 9.53 Å². The van der Waals surface area contributed by atoms with E-state index in [0.717, 1.165) is 16.9 Å². The van der Waals surface area contributed by atoms with Crippen molar-refractivity contribution in [2.24, 2.45) is 0 Å². The van der Waals surface area contributed by atoms with Crippen molar-refractivity contribution in [3.63, 3.8) is 0 Å². The molecule has 0 spiro atoms. The molecule has 0 aliphatic rings. The Morgan fingerprint density at radius 3 is 2.40 bits per heavy atom. The summed E-state index contributed by atoms with van der Waals surface area (Å²) in [5.41, 5.74) is 11.3. The van der Waals surface area contributed by atoms with Gasteiger partial charge in [-0.3, -0.25) is 0 Å². The first kappa shape index (κ1) is 14.6. The summed E-state index contributed by atoms with van der Waals surface area (Å²) in [6, 6.07) is 6.20. The quantitative estimate of drug-likeness (QED) is 0.870. The second kappa shape index (κ2) is 5.67. The van der Waals surface area contributed by atoms with Crippen LogP contribution in [0.5, 0.6) is 0 Å². The van der Waals surface area contributed by atoms with Gasteiger partial charge in [-0.25, -0.2) is 4.79 Å². The van der Waals surface area contributed by atoms with Crippen LogP contribution in [0.25, 0.3) is 10.4 Å². The number of ether oxygens (including phenoxy) is 1. The number of carbonyl (C=O) groups is 1. The number of benzene rings is 1. The van der Waals surface area contributed by atoms with Gasteiger partial charge in [-0.05, 0) is 42.5 Å². The highest BCUT2D eigenvalue weighted by Gasteiger charge is 2.22. The van der Waals surface area contributed by atoms with Crippen LogP contribution in [0, 0.1) is 13.8 Å². The SMILES string of the molecule is CCc1c(-c2c(C)cccc2C)sc(C(=O)OC)c1N. The molecule has 1 aromatic heterocycles. The number of hydrogen-bond donors (Lipinski definition) is 1. The lowest BCUT2D eigenvalue weighted by molar-refractivity contribution is 0.0607. The van der Waals surface area contributed by atoms with Crippen molar-refractivity contribution in [3.8, 4) is 10.4 Å². The molecule has 0 radical (unpaired) electrons. The molecule has 0 bridgehead atoms. The van der Waals surface area contributed by atoms with Crippen molar-refractivity contribution in [1.29, 1.82) is 0 Å². The van der Waals surface area contributed by atoms with Gasteiger partial charge >= 0.3 is 5.97 Å². The van der Waals surface area contributed by atoms with E-state index in [9.17, 15) is 4.79 Å². The first-order valence-corrected chi connectivity index (χ1v) is 7.38. The third-order valence-electron chi connectivity index (χ3n) is 3.48. The zero-order valence-corrected chi connectivity index (χ0v) is 13.1. The van der Waals surface area contributed by atoms with E-state index in [2.05, 4.69) is 32.9 Å². The van der Waals surface area contributed by atoms with E-state index >= 15 is 0 Å². The van der Waals surface area contributed by atoms with Crippen molar-refractivity contribution in [2.45, 2.75) is 27.2 Å². The molecule has 106 valence electrons. The predicted octanol–water partition coefficient (Wildman–Crippen LogP) is 3.96. The molecule has 0 unspecified atom stereocenters. The fourth-order valence-electron chi connectivity index (χ4n) is 2.45. The fraction of sp³-hybridized carbons (Fsp3) is 0.312. The summed E-state index contributed by atoms with van der Waals surface area (Å²) < 4.78 is 4.82. The van der Waals surface area contributed by atoms with Crippen LogP contribution in [0.4, 0.5) is 5.69 Å². The van der Waals surface area contributed by atoms with E-state index in [1.54, 1.807) is 0 Å². The molecular weight excluding hydrogens is 270 g/mol. The molecule has 1 heterocycles. The number of nitrogen functional groups attached to an aromatic ring is 1. The van der Waals surface area contributed by atoms with Crippen molar-refractivity contribution in [1.82, 2.24) is 0 Å². The van der Waals surface area contributed by atoms with Crippen LogP contribution >= 0.6 is 11.3 Å². The van der Waals surface area contributed by atoms with Crippen LogP contribution in [0.2, 0.25) is 0 Å². The Hall–Kier alpha value is -1.81. The lowest BCUT2D eigenvalue weighted by atomic mass is 9.98. The molecule has 1 aromatic carbocycles. The van der Waals surface area contributed by atoms with Gasteiger partial charge in [0.25, 0.3) is 0 Å². The van der Waals surface area contributed by atoms with E-state index in [0.29, 0.717) is 10.6 Å². The number of nitrogens with two attached hydrogens (primary N) is 1. The molecule has 0 amide bonds. The molecule has 0 aliphatic carbocycles. The second-order valence-electron chi connectivity index (χ2n) is 4.76. The highest BCUT2D eigenvalue weighted by molar-refractivity contribution is 7.18. The summed E-state index contributed by atoms with van der Waals surface area (Å²) in [7, 11) is 1.38. The zero-order valence-electron chi connectivity index (χ0n) is 12.2. The second-order valence-corrected chi connectivity index (χ2v) is 5.79. The molecule has 4 heteroatoms. The lowest BCUT2D eigenvalue weighted by Gasteiger charge is -2.10. The Morgan fingerprint density at radius 1 is 1.30 bits per heavy atom. The molecule has 2 rings (SSSR count). The van der Waals surface area contributed by atoms with Gasteiger partial charge < -0.3 is 10.5 Å². The third kappa shape index (κ3) is 2.31. The number of aryl methyl sites for hydroxylation is 2. The van der Waals surface area contributed by atoms with E-state index < -0.39 is 0 Å². The topological polar surface area (TPSA) is 52.3 Å². The summed E-state index contributed by atoms with van der Waals surface area (Å²) in [5, 5.41) is 0. The number of carbonyl (C=O) groups excluding carboxylic acids is 1. The Balaban J connectivity index is 2.72. The largest absolute Gasteiger partial charge is 0.465 e. The van der Waals surface area contributed by atoms with Crippen LogP contribution in [0.15, 0.2) is 18.2 Å². The standard InChI is InChI=1S/C16H19NO2S/c1-5-11-13(17)15(16(18)19-4)20-14(11)12-9(2)7-6-8-10(12)3/h6-8H,5,17H2,1-4H3. The highest BCUT2D eigenvalue weighted by Crippen LogP contribution is 2.41. The molecule has 0 aliphatic heterocycles. The maximum atomic E-state index is 11.8. The van der Waals surface area contributed by atoms with Crippen molar-refractivity contribution >= 4 is 23.0 Å².